The Labute approximate surface area is 54.1 Å². The van der Waals surface area contributed by atoms with Crippen LogP contribution in [0.4, 0.5) is 0 Å². The molecule has 44 valence electrons. The van der Waals surface area contributed by atoms with Crippen molar-refractivity contribution in [3.8, 4) is 0 Å². The van der Waals surface area contributed by atoms with Crippen LogP contribution in [0, 0.1) is 0 Å². The Hall–Kier alpha value is -1.11. The molecule has 1 heterocycles. The summed E-state index contributed by atoms with van der Waals surface area (Å²) in [6, 6.07) is 4.18. The molecule has 1 nitrogen and oxygen atoms in total. The fourth-order valence-corrected chi connectivity index (χ4v) is 1.12. The Kier molecular flexibility index (Phi) is 0.890. The van der Waals surface area contributed by atoms with Crippen molar-refractivity contribution in [3.05, 3.63) is 35.7 Å². The van der Waals surface area contributed by atoms with Crippen molar-refractivity contribution >= 4 is 6.08 Å². The fraction of sp³-hybridized carbons (Fsp3) is 0.125. The molecule has 1 aromatic heterocycles. The first kappa shape index (κ1) is 4.74. The van der Waals surface area contributed by atoms with E-state index >= 15 is 0 Å². The third-order valence-electron chi connectivity index (χ3n) is 1.60. The molecule has 1 aliphatic carbocycles. The van der Waals surface area contributed by atoms with Crippen LogP contribution in [-0.4, -0.2) is 0 Å². The number of nitrogens with one attached hydrogen (secondary N) is 1. The molecule has 0 fully saturated rings. The monoisotopic (exact) mass is 118 g/mol. The van der Waals surface area contributed by atoms with Crippen molar-refractivity contribution in [2.75, 3.05) is 0 Å². The maximum Gasteiger partial charge on any atom is 0.206 e. The average Bonchev–Trinajstić information content (AvgIpc) is 2.33. The molecule has 0 atom stereocenters. The van der Waals surface area contributed by atoms with Crippen LogP contribution in [0.2, 0.25) is 0 Å². The van der Waals surface area contributed by atoms with E-state index in [1.807, 2.05) is 12.3 Å². The lowest BCUT2D eigenvalue weighted by atomic mass is 10.2. The summed E-state index contributed by atoms with van der Waals surface area (Å²) in [5.41, 5.74) is 2.66. The highest BCUT2D eigenvalue weighted by molar-refractivity contribution is 5.52. The second-order valence-electron chi connectivity index (χ2n) is 2.22. The molecular formula is C8H8N+. The standard InChI is InChI=1S/C8H7N/c1-3-7-4-2-6-9-8(7)5-1/h1-2,4-6H,3H2/p+1. The van der Waals surface area contributed by atoms with Crippen LogP contribution in [0.3, 0.4) is 0 Å². The Bertz CT molecular complexity index is 250. The van der Waals surface area contributed by atoms with E-state index in [1.165, 1.54) is 11.3 Å². The van der Waals surface area contributed by atoms with Gasteiger partial charge >= 0.3 is 0 Å². The zero-order chi connectivity index (χ0) is 6.10. The average molecular weight is 118 g/mol. The number of rotatable bonds is 0. The molecule has 0 spiro atoms. The lowest BCUT2D eigenvalue weighted by molar-refractivity contribution is -0.381. The molecule has 1 N–H and O–H groups in total. The summed E-state index contributed by atoms with van der Waals surface area (Å²) in [5, 5.41) is 0. The Balaban J connectivity index is 2.63. The molecule has 0 radical (unpaired) electrons. The van der Waals surface area contributed by atoms with Crippen LogP contribution in [0.15, 0.2) is 24.4 Å². The summed E-state index contributed by atoms with van der Waals surface area (Å²) in [5.74, 6) is 0. The van der Waals surface area contributed by atoms with Crippen molar-refractivity contribution in [3.63, 3.8) is 0 Å². The Morgan fingerprint density at radius 1 is 1.44 bits per heavy atom. The number of allylic oxidation sites excluding steroid dienone is 1. The molecule has 1 heteroatoms. The van der Waals surface area contributed by atoms with E-state index < -0.39 is 0 Å². The number of H-pyrrole nitrogens is 1. The molecule has 1 aromatic rings. The number of pyridine rings is 1. The first-order valence-corrected chi connectivity index (χ1v) is 3.13. The number of aromatic nitrogens is 1. The lowest BCUT2D eigenvalue weighted by Crippen LogP contribution is -2.05. The van der Waals surface area contributed by atoms with Gasteiger partial charge < -0.3 is 0 Å². The Morgan fingerprint density at radius 2 is 2.44 bits per heavy atom. The summed E-state index contributed by atoms with van der Waals surface area (Å²) in [6.07, 6.45) is 7.33. The van der Waals surface area contributed by atoms with E-state index in [4.69, 9.17) is 0 Å². The van der Waals surface area contributed by atoms with E-state index in [-0.39, 0.29) is 0 Å². The van der Waals surface area contributed by atoms with Crippen LogP contribution < -0.4 is 4.98 Å². The van der Waals surface area contributed by atoms with E-state index in [0.717, 1.165) is 6.42 Å². The van der Waals surface area contributed by atoms with Gasteiger partial charge in [0.2, 0.25) is 5.69 Å². The normalized spacial score (nSPS) is 13.8. The van der Waals surface area contributed by atoms with Crippen molar-refractivity contribution in [1.29, 1.82) is 0 Å². The molecular weight excluding hydrogens is 110 g/mol. The zero-order valence-corrected chi connectivity index (χ0v) is 5.09. The van der Waals surface area contributed by atoms with Gasteiger partial charge in [0.1, 0.15) is 0 Å². The van der Waals surface area contributed by atoms with Crippen molar-refractivity contribution < 1.29 is 4.98 Å². The summed E-state index contributed by atoms with van der Waals surface area (Å²) < 4.78 is 0. The minimum absolute atomic E-state index is 1.09. The second-order valence-corrected chi connectivity index (χ2v) is 2.22. The SMILES string of the molecule is C1=Cc2[nH+]cccc2C1. The number of fused-ring (bicyclic) bond motifs is 1. The summed E-state index contributed by atoms with van der Waals surface area (Å²) in [6.45, 7) is 0. The molecule has 0 bridgehead atoms. The van der Waals surface area contributed by atoms with E-state index in [2.05, 4.69) is 23.2 Å². The predicted octanol–water partition coefficient (Wildman–Crippen LogP) is 1.07. The van der Waals surface area contributed by atoms with Gasteiger partial charge in [-0.25, -0.2) is 4.98 Å². The molecule has 0 saturated carbocycles. The molecule has 0 amide bonds. The lowest BCUT2D eigenvalue weighted by Gasteiger charge is -1.85. The minimum Gasteiger partial charge on any atom is -0.211 e. The van der Waals surface area contributed by atoms with Crippen LogP contribution in [0.25, 0.3) is 6.08 Å². The van der Waals surface area contributed by atoms with Crippen LogP contribution in [0.1, 0.15) is 11.3 Å². The smallest absolute Gasteiger partial charge is 0.206 e. The van der Waals surface area contributed by atoms with Gasteiger partial charge in [0.05, 0.1) is 0 Å². The number of aromatic amines is 1. The summed E-state index contributed by atoms with van der Waals surface area (Å²) in [7, 11) is 0. The second kappa shape index (κ2) is 1.69. The number of hydrogen-bond donors (Lipinski definition) is 0. The van der Waals surface area contributed by atoms with Crippen molar-refractivity contribution in [2.45, 2.75) is 6.42 Å². The first-order valence-electron chi connectivity index (χ1n) is 3.13. The third-order valence-corrected chi connectivity index (χ3v) is 1.60. The maximum absolute atomic E-state index is 3.16. The molecule has 2 rings (SSSR count). The van der Waals surface area contributed by atoms with Crippen LogP contribution >= 0.6 is 0 Å². The van der Waals surface area contributed by atoms with Crippen molar-refractivity contribution in [2.24, 2.45) is 0 Å². The summed E-state index contributed by atoms with van der Waals surface area (Å²) in [4.78, 5) is 3.16. The van der Waals surface area contributed by atoms with Gasteiger partial charge in [0, 0.05) is 17.7 Å². The van der Waals surface area contributed by atoms with Gasteiger partial charge in [-0.2, -0.15) is 0 Å². The predicted molar refractivity (Wildman–Crippen MR) is 35.7 cm³/mol. The quantitative estimate of drug-likeness (QED) is 0.484. The van der Waals surface area contributed by atoms with Gasteiger partial charge in [0.25, 0.3) is 0 Å². The molecule has 0 aliphatic heterocycles. The van der Waals surface area contributed by atoms with Gasteiger partial charge in [-0.1, -0.05) is 6.08 Å². The van der Waals surface area contributed by atoms with Crippen molar-refractivity contribution in [1.82, 2.24) is 0 Å². The number of hydrogen-bond acceptors (Lipinski definition) is 0. The molecule has 9 heavy (non-hydrogen) atoms. The molecule has 0 aromatic carbocycles. The highest BCUT2D eigenvalue weighted by Gasteiger charge is 2.07. The molecule has 1 aliphatic rings. The molecule has 0 saturated heterocycles. The van der Waals surface area contributed by atoms with Gasteiger partial charge in [-0.05, 0) is 12.5 Å². The van der Waals surface area contributed by atoms with Gasteiger partial charge in [-0.3, -0.25) is 0 Å². The highest BCUT2D eigenvalue weighted by Crippen LogP contribution is 2.12. The first-order chi connectivity index (χ1) is 4.47. The van der Waals surface area contributed by atoms with Crippen LogP contribution in [-0.2, 0) is 6.42 Å². The molecule has 0 unspecified atom stereocenters. The topological polar surface area (TPSA) is 14.1 Å². The largest absolute Gasteiger partial charge is 0.211 e. The third kappa shape index (κ3) is 0.653. The minimum atomic E-state index is 1.09. The van der Waals surface area contributed by atoms with Gasteiger partial charge in [-0.15, -0.1) is 0 Å². The van der Waals surface area contributed by atoms with Crippen LogP contribution in [0.5, 0.6) is 0 Å². The highest BCUT2D eigenvalue weighted by atomic mass is 14.7. The fourth-order valence-electron chi connectivity index (χ4n) is 1.12. The van der Waals surface area contributed by atoms with Gasteiger partial charge in [0.15, 0.2) is 6.20 Å². The maximum atomic E-state index is 3.16. The zero-order valence-electron chi connectivity index (χ0n) is 5.09. The summed E-state index contributed by atoms with van der Waals surface area (Å²) >= 11 is 0. The Morgan fingerprint density at radius 3 is 3.33 bits per heavy atom. The van der Waals surface area contributed by atoms with E-state index in [0.29, 0.717) is 0 Å². The van der Waals surface area contributed by atoms with E-state index in [1.54, 1.807) is 0 Å². The van der Waals surface area contributed by atoms with E-state index in [9.17, 15) is 0 Å².